The van der Waals surface area contributed by atoms with Crippen LogP contribution in [0.3, 0.4) is 0 Å². The van der Waals surface area contributed by atoms with Crippen LogP contribution in [-0.2, 0) is 4.79 Å². The quantitative estimate of drug-likeness (QED) is 0.784. The van der Waals surface area contributed by atoms with Gasteiger partial charge in [-0.1, -0.05) is 59.6 Å². The zero-order valence-electron chi connectivity index (χ0n) is 11.5. The molecule has 4 nitrogen and oxygen atoms in total. The third kappa shape index (κ3) is 3.99. The molecule has 0 saturated heterocycles. The average Bonchev–Trinajstić information content (AvgIpc) is 2.52. The van der Waals surface area contributed by atoms with E-state index in [9.17, 15) is 15.0 Å². The Kier molecular flexibility index (Phi) is 5.80. The van der Waals surface area contributed by atoms with Crippen LogP contribution in [0.25, 0.3) is 0 Å². The monoisotopic (exact) mass is 339 g/mol. The maximum absolute atomic E-state index is 12.0. The van der Waals surface area contributed by atoms with E-state index in [1.165, 1.54) is 0 Å². The van der Waals surface area contributed by atoms with E-state index in [4.69, 9.17) is 23.2 Å². The molecule has 0 radical (unpaired) electrons. The van der Waals surface area contributed by atoms with Gasteiger partial charge in [0.25, 0.3) is 5.91 Å². The molecular formula is C16H15Cl2NO3. The minimum Gasteiger partial charge on any atom is -0.387 e. The lowest BCUT2D eigenvalue weighted by Crippen LogP contribution is -2.33. The molecule has 2 rings (SSSR count). The van der Waals surface area contributed by atoms with Gasteiger partial charge in [0.1, 0.15) is 0 Å². The van der Waals surface area contributed by atoms with Crippen molar-refractivity contribution in [1.82, 2.24) is 5.32 Å². The van der Waals surface area contributed by atoms with Crippen LogP contribution in [0.1, 0.15) is 23.3 Å². The molecule has 2 aromatic carbocycles. The van der Waals surface area contributed by atoms with Crippen molar-refractivity contribution in [2.45, 2.75) is 12.2 Å². The molecule has 1 amide bonds. The molecular weight excluding hydrogens is 325 g/mol. The summed E-state index contributed by atoms with van der Waals surface area (Å²) in [5.41, 5.74) is 0.825. The normalized spacial score (nSPS) is 13.5. The fraction of sp³-hybridized carbons (Fsp3) is 0.188. The number of aliphatic hydroxyl groups excluding tert-OH is 2. The van der Waals surface area contributed by atoms with Gasteiger partial charge in [0.15, 0.2) is 6.10 Å². The highest BCUT2D eigenvalue weighted by Gasteiger charge is 2.21. The molecule has 3 N–H and O–H groups in total. The van der Waals surface area contributed by atoms with E-state index in [2.05, 4.69) is 5.32 Å². The number of aliphatic hydroxyl groups is 2. The number of halogens is 2. The first-order valence-electron chi connectivity index (χ1n) is 6.63. The summed E-state index contributed by atoms with van der Waals surface area (Å²) in [5, 5.41) is 23.2. The van der Waals surface area contributed by atoms with Crippen LogP contribution in [0.5, 0.6) is 0 Å². The van der Waals surface area contributed by atoms with Crippen LogP contribution >= 0.6 is 23.2 Å². The number of hydrogen-bond acceptors (Lipinski definition) is 3. The van der Waals surface area contributed by atoms with Gasteiger partial charge in [0, 0.05) is 27.7 Å². The molecule has 0 saturated carbocycles. The van der Waals surface area contributed by atoms with Gasteiger partial charge in [-0.3, -0.25) is 4.79 Å². The molecule has 0 aliphatic rings. The molecule has 116 valence electrons. The number of carbonyl (C=O) groups is 1. The summed E-state index contributed by atoms with van der Waals surface area (Å²) in [4.78, 5) is 12.0. The summed E-state index contributed by atoms with van der Waals surface area (Å²) in [7, 11) is 0. The Morgan fingerprint density at radius 3 is 2.00 bits per heavy atom. The summed E-state index contributed by atoms with van der Waals surface area (Å²) in [6.07, 6.45) is -2.36. The van der Waals surface area contributed by atoms with Gasteiger partial charge in [-0.25, -0.2) is 0 Å². The van der Waals surface area contributed by atoms with E-state index >= 15 is 0 Å². The predicted octanol–water partition coefficient (Wildman–Crippen LogP) is 2.88. The first kappa shape index (κ1) is 16.8. The van der Waals surface area contributed by atoms with Crippen molar-refractivity contribution in [3.05, 3.63) is 69.7 Å². The minimum absolute atomic E-state index is 0.0654. The Morgan fingerprint density at radius 1 is 0.955 bits per heavy atom. The maximum Gasteiger partial charge on any atom is 0.253 e. The van der Waals surface area contributed by atoms with Crippen molar-refractivity contribution in [2.24, 2.45) is 0 Å². The predicted molar refractivity (Wildman–Crippen MR) is 85.8 cm³/mol. The maximum atomic E-state index is 12.0. The molecule has 0 heterocycles. The summed E-state index contributed by atoms with van der Waals surface area (Å²) in [5.74, 6) is -0.640. The van der Waals surface area contributed by atoms with Crippen molar-refractivity contribution in [1.29, 1.82) is 0 Å². The second-order valence-corrected chi connectivity index (χ2v) is 5.52. The van der Waals surface area contributed by atoms with Crippen molar-refractivity contribution in [3.63, 3.8) is 0 Å². The third-order valence-electron chi connectivity index (χ3n) is 3.18. The first-order valence-corrected chi connectivity index (χ1v) is 7.39. The fourth-order valence-corrected chi connectivity index (χ4v) is 2.49. The van der Waals surface area contributed by atoms with E-state index in [0.717, 1.165) is 0 Å². The number of rotatable bonds is 5. The average molecular weight is 340 g/mol. The van der Waals surface area contributed by atoms with Crippen LogP contribution < -0.4 is 5.32 Å². The number of nitrogens with one attached hydrogen (secondary N) is 1. The molecule has 6 heteroatoms. The zero-order valence-corrected chi connectivity index (χ0v) is 13.1. The lowest BCUT2D eigenvalue weighted by Gasteiger charge is -2.16. The largest absolute Gasteiger partial charge is 0.387 e. The van der Waals surface area contributed by atoms with Crippen molar-refractivity contribution in [2.75, 3.05) is 6.54 Å². The Balaban J connectivity index is 1.98. The fourth-order valence-electron chi connectivity index (χ4n) is 1.99. The van der Waals surface area contributed by atoms with Gasteiger partial charge >= 0.3 is 0 Å². The van der Waals surface area contributed by atoms with E-state index in [0.29, 0.717) is 21.2 Å². The van der Waals surface area contributed by atoms with Crippen LogP contribution in [0.4, 0.5) is 0 Å². The molecule has 0 aliphatic carbocycles. The van der Waals surface area contributed by atoms with Crippen molar-refractivity contribution >= 4 is 29.1 Å². The van der Waals surface area contributed by atoms with Gasteiger partial charge in [-0.05, 0) is 12.1 Å². The number of hydrogen-bond donors (Lipinski definition) is 3. The molecule has 1 unspecified atom stereocenters. The molecule has 0 fully saturated rings. The summed E-state index contributed by atoms with van der Waals surface area (Å²) in [6.45, 7) is -0.0654. The van der Waals surface area contributed by atoms with Gasteiger partial charge in [-0.15, -0.1) is 0 Å². The highest BCUT2D eigenvalue weighted by Crippen LogP contribution is 2.24. The van der Waals surface area contributed by atoms with E-state index in [1.54, 1.807) is 48.5 Å². The van der Waals surface area contributed by atoms with E-state index < -0.39 is 18.1 Å². The SMILES string of the molecule is O=C(NCC(O)c1ccccc1Cl)[C@H](O)c1ccccc1Cl. The van der Waals surface area contributed by atoms with E-state index in [1.807, 2.05) is 0 Å². The van der Waals surface area contributed by atoms with Crippen LogP contribution in [-0.4, -0.2) is 22.7 Å². The smallest absolute Gasteiger partial charge is 0.253 e. The van der Waals surface area contributed by atoms with Crippen molar-refractivity contribution in [3.8, 4) is 0 Å². The lowest BCUT2D eigenvalue weighted by atomic mass is 10.1. The zero-order chi connectivity index (χ0) is 16.1. The van der Waals surface area contributed by atoms with Gasteiger partial charge in [-0.2, -0.15) is 0 Å². The van der Waals surface area contributed by atoms with Crippen LogP contribution in [0.15, 0.2) is 48.5 Å². The van der Waals surface area contributed by atoms with Gasteiger partial charge in [0.2, 0.25) is 0 Å². The molecule has 2 atom stereocenters. The third-order valence-corrected chi connectivity index (χ3v) is 3.87. The number of carbonyl (C=O) groups excluding carboxylic acids is 1. The van der Waals surface area contributed by atoms with Gasteiger partial charge < -0.3 is 15.5 Å². The molecule has 0 aliphatic heterocycles. The summed E-state index contributed by atoms with van der Waals surface area (Å²) < 4.78 is 0. The van der Waals surface area contributed by atoms with Crippen molar-refractivity contribution < 1.29 is 15.0 Å². The molecule has 0 aromatic heterocycles. The number of amides is 1. The summed E-state index contributed by atoms with van der Waals surface area (Å²) in [6, 6.07) is 13.4. The topological polar surface area (TPSA) is 69.6 Å². The van der Waals surface area contributed by atoms with Crippen LogP contribution in [0.2, 0.25) is 10.0 Å². The Morgan fingerprint density at radius 2 is 1.45 bits per heavy atom. The first-order chi connectivity index (χ1) is 10.5. The molecule has 0 bridgehead atoms. The Labute approximate surface area is 138 Å². The standard InChI is InChI=1S/C16H15Cl2NO3/c17-12-7-3-1-5-10(12)14(20)9-19-16(22)15(21)11-6-2-4-8-13(11)18/h1-8,14-15,20-21H,9H2,(H,19,22)/t14?,15-/m1/s1. The molecule has 22 heavy (non-hydrogen) atoms. The molecule has 0 spiro atoms. The highest BCUT2D eigenvalue weighted by atomic mass is 35.5. The lowest BCUT2D eigenvalue weighted by molar-refractivity contribution is -0.130. The second-order valence-electron chi connectivity index (χ2n) is 4.71. The van der Waals surface area contributed by atoms with E-state index in [-0.39, 0.29) is 6.54 Å². The minimum atomic E-state index is -1.40. The molecule has 2 aromatic rings. The van der Waals surface area contributed by atoms with Crippen LogP contribution in [0, 0.1) is 0 Å². The highest BCUT2D eigenvalue weighted by molar-refractivity contribution is 6.31. The summed E-state index contributed by atoms with van der Waals surface area (Å²) >= 11 is 11.9. The second kappa shape index (κ2) is 7.61. The van der Waals surface area contributed by atoms with Gasteiger partial charge in [0.05, 0.1) is 6.10 Å². The Bertz CT molecular complexity index is 663. The Hall–Kier alpha value is -1.59. The number of benzene rings is 2.